The number of anilines is 1. The van der Waals surface area contributed by atoms with Gasteiger partial charge in [-0.1, -0.05) is 24.6 Å². The van der Waals surface area contributed by atoms with Crippen LogP contribution in [-0.2, 0) is 6.54 Å². The summed E-state index contributed by atoms with van der Waals surface area (Å²) < 4.78 is 5.51. The highest BCUT2D eigenvalue weighted by Gasteiger charge is 2.19. The molecule has 2 heterocycles. The molecule has 100 valence electrons. The number of hydrogen-bond acceptors (Lipinski definition) is 3. The number of hydrogen-bond donors (Lipinski definition) is 0. The smallest absolute Gasteiger partial charge is 0.124 e. The third-order valence-electron chi connectivity index (χ3n) is 3.61. The van der Waals surface area contributed by atoms with Crippen LogP contribution in [0.15, 0.2) is 53.1 Å². The van der Waals surface area contributed by atoms with Crippen molar-refractivity contribution in [2.45, 2.75) is 25.8 Å². The summed E-state index contributed by atoms with van der Waals surface area (Å²) in [5.41, 5.74) is 1.24. The number of hydrazine groups is 1. The van der Waals surface area contributed by atoms with Crippen LogP contribution in [0.1, 0.15) is 25.0 Å². The molecule has 0 saturated carbocycles. The monoisotopic (exact) mass is 256 g/mol. The van der Waals surface area contributed by atoms with E-state index < -0.39 is 0 Å². The van der Waals surface area contributed by atoms with E-state index in [0.717, 1.165) is 25.4 Å². The van der Waals surface area contributed by atoms with Gasteiger partial charge in [0, 0.05) is 13.1 Å². The van der Waals surface area contributed by atoms with Crippen LogP contribution in [0.2, 0.25) is 0 Å². The van der Waals surface area contributed by atoms with E-state index in [2.05, 4.69) is 40.3 Å². The second-order valence-electron chi connectivity index (χ2n) is 4.99. The van der Waals surface area contributed by atoms with Crippen molar-refractivity contribution >= 4 is 5.69 Å². The molecule has 1 aromatic carbocycles. The molecule has 1 aliphatic rings. The minimum absolute atomic E-state index is 0.803. The van der Waals surface area contributed by atoms with Crippen LogP contribution in [0, 0.1) is 0 Å². The molecule has 1 fully saturated rings. The second-order valence-corrected chi connectivity index (χ2v) is 4.99. The Balaban J connectivity index is 1.82. The Morgan fingerprint density at radius 3 is 2.42 bits per heavy atom. The minimum atomic E-state index is 0.803. The summed E-state index contributed by atoms with van der Waals surface area (Å²) >= 11 is 0. The standard InChI is InChI=1S/C16H20N2O/c1-3-8-15(9-4-1)18(14-16-10-7-13-19-16)17-11-5-2-6-12-17/h1,3-4,7-10,13H,2,5-6,11-12,14H2. The fraction of sp³-hybridized carbons (Fsp3) is 0.375. The van der Waals surface area contributed by atoms with E-state index in [9.17, 15) is 0 Å². The Kier molecular flexibility index (Phi) is 3.84. The summed E-state index contributed by atoms with van der Waals surface area (Å²) in [6.07, 6.45) is 5.65. The lowest BCUT2D eigenvalue weighted by Gasteiger charge is -2.38. The molecule has 1 aromatic heterocycles. The van der Waals surface area contributed by atoms with Crippen molar-refractivity contribution in [2.75, 3.05) is 18.1 Å². The number of para-hydroxylation sites is 1. The first-order chi connectivity index (χ1) is 9.43. The van der Waals surface area contributed by atoms with Gasteiger partial charge in [-0.3, -0.25) is 5.01 Å². The van der Waals surface area contributed by atoms with Crippen molar-refractivity contribution in [3.63, 3.8) is 0 Å². The molecule has 0 amide bonds. The molecular weight excluding hydrogens is 236 g/mol. The molecule has 1 saturated heterocycles. The van der Waals surface area contributed by atoms with Gasteiger partial charge in [0.2, 0.25) is 0 Å². The highest BCUT2D eigenvalue weighted by atomic mass is 16.3. The molecule has 0 unspecified atom stereocenters. The van der Waals surface area contributed by atoms with E-state index in [0.29, 0.717) is 0 Å². The average molecular weight is 256 g/mol. The van der Waals surface area contributed by atoms with Crippen molar-refractivity contribution in [3.8, 4) is 0 Å². The maximum absolute atomic E-state index is 5.51. The lowest BCUT2D eigenvalue weighted by Crippen LogP contribution is -2.45. The predicted molar refractivity (Wildman–Crippen MR) is 76.8 cm³/mol. The van der Waals surface area contributed by atoms with E-state index in [-0.39, 0.29) is 0 Å². The number of benzene rings is 1. The first-order valence-electron chi connectivity index (χ1n) is 7.03. The molecule has 19 heavy (non-hydrogen) atoms. The molecule has 0 bridgehead atoms. The highest BCUT2D eigenvalue weighted by Crippen LogP contribution is 2.22. The van der Waals surface area contributed by atoms with Gasteiger partial charge in [0.1, 0.15) is 5.76 Å². The van der Waals surface area contributed by atoms with Crippen molar-refractivity contribution in [1.29, 1.82) is 0 Å². The number of nitrogens with zero attached hydrogens (tertiary/aromatic N) is 2. The van der Waals surface area contributed by atoms with Crippen molar-refractivity contribution in [3.05, 3.63) is 54.5 Å². The van der Waals surface area contributed by atoms with Gasteiger partial charge < -0.3 is 4.42 Å². The Labute approximate surface area is 114 Å². The Hall–Kier alpha value is -1.74. The van der Waals surface area contributed by atoms with Gasteiger partial charge in [0.05, 0.1) is 18.5 Å². The molecule has 1 aliphatic heterocycles. The summed E-state index contributed by atoms with van der Waals surface area (Å²) in [5, 5.41) is 4.79. The van der Waals surface area contributed by atoms with E-state index in [1.807, 2.05) is 12.1 Å². The van der Waals surface area contributed by atoms with E-state index in [1.54, 1.807) is 6.26 Å². The second kappa shape index (κ2) is 5.93. The van der Waals surface area contributed by atoms with Gasteiger partial charge in [0.15, 0.2) is 0 Å². The SMILES string of the molecule is c1ccc(N(Cc2ccco2)N2CCCCC2)cc1. The summed E-state index contributed by atoms with van der Waals surface area (Å²) in [7, 11) is 0. The third kappa shape index (κ3) is 2.99. The fourth-order valence-electron chi connectivity index (χ4n) is 2.62. The maximum Gasteiger partial charge on any atom is 0.124 e. The maximum atomic E-state index is 5.51. The van der Waals surface area contributed by atoms with Crippen LogP contribution in [0.4, 0.5) is 5.69 Å². The molecule has 0 radical (unpaired) electrons. The van der Waals surface area contributed by atoms with Gasteiger partial charge in [-0.05, 0) is 37.1 Å². The van der Waals surface area contributed by atoms with Gasteiger partial charge >= 0.3 is 0 Å². The Morgan fingerprint density at radius 2 is 1.74 bits per heavy atom. The summed E-state index contributed by atoms with van der Waals surface area (Å²) in [6.45, 7) is 3.07. The first kappa shape index (κ1) is 12.3. The van der Waals surface area contributed by atoms with Crippen LogP contribution < -0.4 is 5.01 Å². The largest absolute Gasteiger partial charge is 0.467 e. The van der Waals surface area contributed by atoms with Gasteiger partial charge in [-0.25, -0.2) is 5.01 Å². The predicted octanol–water partition coefficient (Wildman–Crippen LogP) is 3.69. The normalized spacial score (nSPS) is 16.4. The third-order valence-corrected chi connectivity index (χ3v) is 3.61. The Morgan fingerprint density at radius 1 is 0.947 bits per heavy atom. The molecule has 0 spiro atoms. The van der Waals surface area contributed by atoms with Crippen LogP contribution in [0.3, 0.4) is 0 Å². The zero-order valence-electron chi connectivity index (χ0n) is 11.2. The average Bonchev–Trinajstić information content (AvgIpc) is 3.00. The lowest BCUT2D eigenvalue weighted by molar-refractivity contribution is 0.200. The zero-order chi connectivity index (χ0) is 12.9. The molecule has 3 rings (SSSR count). The van der Waals surface area contributed by atoms with E-state index in [1.165, 1.54) is 24.9 Å². The van der Waals surface area contributed by atoms with E-state index in [4.69, 9.17) is 4.42 Å². The van der Waals surface area contributed by atoms with Gasteiger partial charge in [-0.2, -0.15) is 0 Å². The molecule has 3 heteroatoms. The van der Waals surface area contributed by atoms with Crippen molar-refractivity contribution in [1.82, 2.24) is 5.01 Å². The topological polar surface area (TPSA) is 19.6 Å². The molecular formula is C16H20N2O. The molecule has 3 nitrogen and oxygen atoms in total. The number of rotatable bonds is 4. The lowest BCUT2D eigenvalue weighted by atomic mass is 10.1. The van der Waals surface area contributed by atoms with Crippen LogP contribution in [0.25, 0.3) is 0 Å². The van der Waals surface area contributed by atoms with Crippen LogP contribution in [0.5, 0.6) is 0 Å². The van der Waals surface area contributed by atoms with Crippen LogP contribution in [-0.4, -0.2) is 18.1 Å². The van der Waals surface area contributed by atoms with Crippen molar-refractivity contribution in [2.24, 2.45) is 0 Å². The molecule has 0 aliphatic carbocycles. The zero-order valence-corrected chi connectivity index (χ0v) is 11.2. The molecule has 2 aromatic rings. The summed E-state index contributed by atoms with van der Waals surface area (Å²) in [6, 6.07) is 14.6. The Bertz CT molecular complexity index is 475. The molecule has 0 N–H and O–H groups in total. The van der Waals surface area contributed by atoms with Gasteiger partial charge in [0.25, 0.3) is 0 Å². The fourth-order valence-corrected chi connectivity index (χ4v) is 2.62. The number of furan rings is 1. The van der Waals surface area contributed by atoms with E-state index >= 15 is 0 Å². The summed E-state index contributed by atoms with van der Waals surface area (Å²) in [4.78, 5) is 0. The number of piperidine rings is 1. The highest BCUT2D eigenvalue weighted by molar-refractivity contribution is 5.45. The quantitative estimate of drug-likeness (QED) is 0.832. The van der Waals surface area contributed by atoms with Crippen molar-refractivity contribution < 1.29 is 4.42 Å². The molecule has 0 atom stereocenters. The van der Waals surface area contributed by atoms with Gasteiger partial charge in [-0.15, -0.1) is 0 Å². The summed E-state index contributed by atoms with van der Waals surface area (Å²) in [5.74, 6) is 1.01. The van der Waals surface area contributed by atoms with Crippen LogP contribution >= 0.6 is 0 Å². The first-order valence-corrected chi connectivity index (χ1v) is 7.03. The minimum Gasteiger partial charge on any atom is -0.467 e.